The molecule has 1 aromatic carbocycles. The van der Waals surface area contributed by atoms with Crippen LogP contribution in [0.4, 0.5) is 4.79 Å². The van der Waals surface area contributed by atoms with Crippen molar-refractivity contribution in [2.75, 3.05) is 33.2 Å². The number of nitrogens with one attached hydrogen (secondary N) is 1. The standard InChI is InChI=1S/C22H35N3O2/c1-24(17-12-20(26)19-10-4-2-5-11-19)21(27)23-18-22(13-6-7-14-22)25-15-8-3-9-16-25/h2,4-5,10-11,20,26H,3,6-9,12-18H2,1H3,(H,23,27)/t20-/m0/s1. The molecule has 3 rings (SSSR count). The van der Waals surface area contributed by atoms with E-state index in [1.807, 2.05) is 37.4 Å². The summed E-state index contributed by atoms with van der Waals surface area (Å²) < 4.78 is 0. The van der Waals surface area contributed by atoms with Crippen molar-refractivity contribution in [3.63, 3.8) is 0 Å². The number of nitrogens with zero attached hydrogens (tertiary/aromatic N) is 2. The van der Waals surface area contributed by atoms with Gasteiger partial charge in [0.1, 0.15) is 0 Å². The summed E-state index contributed by atoms with van der Waals surface area (Å²) >= 11 is 0. The summed E-state index contributed by atoms with van der Waals surface area (Å²) in [5.74, 6) is 0. The number of hydrogen-bond donors (Lipinski definition) is 2. The first-order chi connectivity index (χ1) is 13.1. The molecule has 2 N–H and O–H groups in total. The van der Waals surface area contributed by atoms with E-state index in [0.29, 0.717) is 13.0 Å². The lowest BCUT2D eigenvalue weighted by atomic mass is 9.92. The Balaban J connectivity index is 1.47. The Labute approximate surface area is 163 Å². The van der Waals surface area contributed by atoms with E-state index in [1.54, 1.807) is 4.90 Å². The molecule has 0 unspecified atom stereocenters. The molecule has 1 aromatic rings. The van der Waals surface area contributed by atoms with Gasteiger partial charge < -0.3 is 15.3 Å². The minimum Gasteiger partial charge on any atom is -0.388 e. The smallest absolute Gasteiger partial charge is 0.317 e. The average molecular weight is 374 g/mol. The maximum atomic E-state index is 12.6. The van der Waals surface area contributed by atoms with Crippen LogP contribution in [0.1, 0.15) is 63.0 Å². The molecule has 5 heteroatoms. The number of benzene rings is 1. The van der Waals surface area contributed by atoms with Crippen molar-refractivity contribution >= 4 is 6.03 Å². The van der Waals surface area contributed by atoms with Gasteiger partial charge in [0.15, 0.2) is 0 Å². The van der Waals surface area contributed by atoms with Crippen LogP contribution in [0.5, 0.6) is 0 Å². The average Bonchev–Trinajstić information content (AvgIpc) is 3.21. The van der Waals surface area contributed by atoms with Crippen LogP contribution in [0, 0.1) is 0 Å². The molecule has 1 saturated heterocycles. The van der Waals surface area contributed by atoms with Gasteiger partial charge in [-0.05, 0) is 50.8 Å². The normalized spacial score (nSPS) is 21.0. The topological polar surface area (TPSA) is 55.8 Å². The highest BCUT2D eigenvalue weighted by atomic mass is 16.3. The number of amides is 2. The molecule has 2 aliphatic rings. The summed E-state index contributed by atoms with van der Waals surface area (Å²) in [5.41, 5.74) is 1.07. The van der Waals surface area contributed by atoms with Crippen molar-refractivity contribution in [1.82, 2.24) is 15.1 Å². The van der Waals surface area contributed by atoms with Gasteiger partial charge in [0.2, 0.25) is 0 Å². The molecular weight excluding hydrogens is 338 g/mol. The second-order valence-corrected chi connectivity index (χ2v) is 8.27. The number of rotatable bonds is 7. The number of hydrogen-bond acceptors (Lipinski definition) is 3. The summed E-state index contributed by atoms with van der Waals surface area (Å²) in [6, 6.07) is 9.61. The lowest BCUT2D eigenvalue weighted by Gasteiger charge is -2.44. The largest absolute Gasteiger partial charge is 0.388 e. The van der Waals surface area contributed by atoms with E-state index in [0.717, 1.165) is 12.1 Å². The first-order valence-electron chi connectivity index (χ1n) is 10.6. The summed E-state index contributed by atoms with van der Waals surface area (Å²) in [5, 5.41) is 13.5. The number of likely N-dealkylation sites (tertiary alicyclic amines) is 1. The molecule has 5 nitrogen and oxygen atoms in total. The van der Waals surface area contributed by atoms with Gasteiger partial charge in [-0.1, -0.05) is 49.6 Å². The molecular formula is C22H35N3O2. The van der Waals surface area contributed by atoms with Crippen molar-refractivity contribution in [2.45, 2.75) is 63.0 Å². The summed E-state index contributed by atoms with van der Waals surface area (Å²) in [7, 11) is 1.81. The molecule has 0 aromatic heterocycles. The third kappa shape index (κ3) is 5.23. The molecule has 1 aliphatic heterocycles. The van der Waals surface area contributed by atoms with E-state index >= 15 is 0 Å². The van der Waals surface area contributed by atoms with Crippen LogP contribution >= 0.6 is 0 Å². The molecule has 2 amide bonds. The third-order valence-corrected chi connectivity index (χ3v) is 6.40. The Hall–Kier alpha value is -1.59. The molecule has 27 heavy (non-hydrogen) atoms. The Kier molecular flexibility index (Phi) is 7.13. The van der Waals surface area contributed by atoms with Gasteiger partial charge in [0, 0.05) is 25.7 Å². The summed E-state index contributed by atoms with van der Waals surface area (Å²) in [4.78, 5) is 16.9. The van der Waals surface area contributed by atoms with Crippen molar-refractivity contribution in [3.05, 3.63) is 35.9 Å². The van der Waals surface area contributed by atoms with Crippen molar-refractivity contribution < 1.29 is 9.90 Å². The lowest BCUT2D eigenvalue weighted by Crippen LogP contribution is -2.56. The zero-order valence-electron chi connectivity index (χ0n) is 16.7. The molecule has 150 valence electrons. The number of carbonyl (C=O) groups excluding carboxylic acids is 1. The first-order valence-corrected chi connectivity index (χ1v) is 10.6. The van der Waals surface area contributed by atoms with Crippen LogP contribution in [0.25, 0.3) is 0 Å². The Bertz CT molecular complexity index is 580. The van der Waals surface area contributed by atoms with Gasteiger partial charge in [0.05, 0.1) is 6.10 Å². The monoisotopic (exact) mass is 373 g/mol. The van der Waals surface area contributed by atoms with Gasteiger partial charge >= 0.3 is 6.03 Å². The predicted octanol–water partition coefficient (Wildman–Crippen LogP) is 3.55. The van der Waals surface area contributed by atoms with Crippen LogP contribution in [0.15, 0.2) is 30.3 Å². The molecule has 0 radical (unpaired) electrons. The molecule has 1 atom stereocenters. The zero-order chi connectivity index (χ0) is 19.1. The fourth-order valence-corrected chi connectivity index (χ4v) is 4.64. The van der Waals surface area contributed by atoms with E-state index in [1.165, 1.54) is 58.0 Å². The highest BCUT2D eigenvalue weighted by Crippen LogP contribution is 2.36. The molecule has 0 spiro atoms. The lowest BCUT2D eigenvalue weighted by molar-refractivity contribution is 0.0701. The fourth-order valence-electron chi connectivity index (χ4n) is 4.64. The van der Waals surface area contributed by atoms with Gasteiger partial charge in [-0.3, -0.25) is 4.90 Å². The second kappa shape index (κ2) is 9.56. The quantitative estimate of drug-likeness (QED) is 0.768. The summed E-state index contributed by atoms with van der Waals surface area (Å²) in [6.07, 6.45) is 8.86. The van der Waals surface area contributed by atoms with Crippen molar-refractivity contribution in [3.8, 4) is 0 Å². The second-order valence-electron chi connectivity index (χ2n) is 8.27. The van der Waals surface area contributed by atoms with Crippen LogP contribution in [-0.4, -0.2) is 59.7 Å². The van der Waals surface area contributed by atoms with E-state index in [4.69, 9.17) is 0 Å². The number of carbonyl (C=O) groups is 1. The highest BCUT2D eigenvalue weighted by molar-refractivity contribution is 5.73. The van der Waals surface area contributed by atoms with E-state index in [9.17, 15) is 9.90 Å². The zero-order valence-corrected chi connectivity index (χ0v) is 16.7. The fraction of sp³-hybridized carbons (Fsp3) is 0.682. The van der Waals surface area contributed by atoms with E-state index < -0.39 is 6.10 Å². The maximum absolute atomic E-state index is 12.6. The number of urea groups is 1. The molecule has 1 saturated carbocycles. The number of piperidine rings is 1. The van der Waals surface area contributed by atoms with Crippen LogP contribution in [0.2, 0.25) is 0 Å². The first kappa shape index (κ1) is 20.2. The molecule has 1 aliphatic carbocycles. The number of aliphatic hydroxyl groups is 1. The minimum absolute atomic E-state index is 0.0291. The van der Waals surface area contributed by atoms with Gasteiger partial charge in [-0.2, -0.15) is 0 Å². The van der Waals surface area contributed by atoms with E-state index in [-0.39, 0.29) is 11.6 Å². The Morgan fingerprint density at radius 2 is 1.81 bits per heavy atom. The molecule has 1 heterocycles. The highest BCUT2D eigenvalue weighted by Gasteiger charge is 2.40. The van der Waals surface area contributed by atoms with Crippen molar-refractivity contribution in [2.24, 2.45) is 0 Å². The van der Waals surface area contributed by atoms with E-state index in [2.05, 4.69) is 10.2 Å². The summed E-state index contributed by atoms with van der Waals surface area (Å²) in [6.45, 7) is 3.64. The number of aliphatic hydroxyl groups excluding tert-OH is 1. The van der Waals surface area contributed by atoms with Crippen molar-refractivity contribution in [1.29, 1.82) is 0 Å². The molecule has 2 fully saturated rings. The van der Waals surface area contributed by atoms with Gasteiger partial charge in [0.25, 0.3) is 0 Å². The predicted molar refractivity (Wildman–Crippen MR) is 109 cm³/mol. The van der Waals surface area contributed by atoms with Crippen LogP contribution in [0.3, 0.4) is 0 Å². The Morgan fingerprint density at radius 3 is 2.48 bits per heavy atom. The SMILES string of the molecule is CN(CC[C@H](O)c1ccccc1)C(=O)NCC1(N2CCCCC2)CCCC1. The van der Waals surface area contributed by atoms with Crippen LogP contribution in [-0.2, 0) is 0 Å². The minimum atomic E-state index is -0.532. The Morgan fingerprint density at radius 1 is 1.15 bits per heavy atom. The van der Waals surface area contributed by atoms with Crippen LogP contribution < -0.4 is 5.32 Å². The van der Waals surface area contributed by atoms with Gasteiger partial charge in [-0.15, -0.1) is 0 Å². The third-order valence-electron chi connectivity index (χ3n) is 6.40. The van der Waals surface area contributed by atoms with Gasteiger partial charge in [-0.25, -0.2) is 4.79 Å². The molecule has 0 bridgehead atoms. The maximum Gasteiger partial charge on any atom is 0.317 e.